The van der Waals surface area contributed by atoms with Crippen LogP contribution in [0.15, 0.2) is 36.5 Å². The van der Waals surface area contributed by atoms with Crippen molar-refractivity contribution in [2.45, 2.75) is 33.2 Å². The number of aromatic amines is 1. The Bertz CT molecular complexity index is 1060. The van der Waals surface area contributed by atoms with Crippen molar-refractivity contribution in [1.29, 1.82) is 0 Å². The third kappa shape index (κ3) is 5.96. The number of carbonyl (C=O) groups excluding carboxylic acids is 2. The SMILES string of the molecule is COCCC(=O)N1CCN(C(=O)c2cnc(/C(=C\C(=[NH2+])c3ccc(F)cc3)C(C)C)[nH]2)C[C@@H]1C. The maximum atomic E-state index is 13.2. The number of nitrogens with zero attached hydrogens (tertiary/aromatic N) is 3. The van der Waals surface area contributed by atoms with Crippen molar-refractivity contribution >= 4 is 23.1 Å². The molecule has 3 rings (SSSR count). The lowest BCUT2D eigenvalue weighted by molar-refractivity contribution is -0.136. The summed E-state index contributed by atoms with van der Waals surface area (Å²) in [4.78, 5) is 36.6. The van der Waals surface area contributed by atoms with Crippen LogP contribution >= 0.6 is 0 Å². The van der Waals surface area contributed by atoms with Crippen molar-refractivity contribution in [3.05, 3.63) is 59.4 Å². The van der Waals surface area contributed by atoms with Crippen LogP contribution in [0.4, 0.5) is 4.39 Å². The molecule has 0 saturated carbocycles. The number of ether oxygens (including phenoxy) is 1. The van der Waals surface area contributed by atoms with Crippen molar-refractivity contribution < 1.29 is 24.1 Å². The van der Waals surface area contributed by atoms with Gasteiger partial charge in [0.05, 0.1) is 19.2 Å². The van der Waals surface area contributed by atoms with E-state index in [0.717, 1.165) is 5.57 Å². The smallest absolute Gasteiger partial charge is 0.272 e. The standard InChI is InChI=1S/C25H32FN5O3/c1-16(2)20(13-21(27)18-5-7-19(26)8-6-18)24-28-14-22(29-24)25(33)30-10-11-31(17(3)15-30)23(32)9-12-34-4/h5-8,13-14,16-17,27H,9-12,15H2,1-4H3,(H,28,29)/p+1/b20-13-,27-21?/t17-/m0/s1. The van der Waals surface area contributed by atoms with Gasteiger partial charge < -0.3 is 19.5 Å². The minimum absolute atomic E-state index is 0.0342. The Kier molecular flexibility index (Phi) is 8.33. The molecule has 1 aliphatic heterocycles. The van der Waals surface area contributed by atoms with Crippen LogP contribution in [0.1, 0.15) is 49.1 Å². The van der Waals surface area contributed by atoms with E-state index < -0.39 is 0 Å². The van der Waals surface area contributed by atoms with Gasteiger partial charge in [-0.25, -0.2) is 9.37 Å². The number of imidazole rings is 1. The topological polar surface area (TPSA) is 104 Å². The Morgan fingerprint density at radius 3 is 2.62 bits per heavy atom. The van der Waals surface area contributed by atoms with Crippen LogP contribution in [-0.2, 0) is 9.53 Å². The predicted octanol–water partition coefficient (Wildman–Crippen LogP) is 1.55. The second-order valence-electron chi connectivity index (χ2n) is 8.79. The highest BCUT2D eigenvalue weighted by atomic mass is 19.1. The number of allylic oxidation sites excluding steroid dienone is 2. The quantitative estimate of drug-likeness (QED) is 0.571. The number of benzene rings is 1. The fourth-order valence-electron chi connectivity index (χ4n) is 3.99. The summed E-state index contributed by atoms with van der Waals surface area (Å²) in [6, 6.07) is 5.88. The van der Waals surface area contributed by atoms with Gasteiger partial charge in [0, 0.05) is 50.0 Å². The molecule has 0 aliphatic carbocycles. The van der Waals surface area contributed by atoms with Gasteiger partial charge in [-0.05, 0) is 37.1 Å². The van der Waals surface area contributed by atoms with E-state index in [9.17, 15) is 14.0 Å². The van der Waals surface area contributed by atoms with E-state index in [1.165, 1.54) is 18.3 Å². The monoisotopic (exact) mass is 470 g/mol. The first-order valence-corrected chi connectivity index (χ1v) is 11.4. The molecule has 9 heteroatoms. The average molecular weight is 471 g/mol. The van der Waals surface area contributed by atoms with E-state index in [4.69, 9.17) is 10.1 Å². The maximum Gasteiger partial charge on any atom is 0.272 e. The number of nitrogens with two attached hydrogens (primary N) is 1. The predicted molar refractivity (Wildman–Crippen MR) is 127 cm³/mol. The maximum absolute atomic E-state index is 13.2. The van der Waals surface area contributed by atoms with E-state index in [0.29, 0.717) is 55.5 Å². The van der Waals surface area contributed by atoms with E-state index >= 15 is 0 Å². The molecular weight excluding hydrogens is 437 g/mol. The lowest BCUT2D eigenvalue weighted by Gasteiger charge is -2.39. The zero-order chi connectivity index (χ0) is 24.8. The van der Waals surface area contributed by atoms with Crippen molar-refractivity contribution in [2.75, 3.05) is 33.4 Å². The van der Waals surface area contributed by atoms with E-state index in [-0.39, 0.29) is 29.6 Å². The van der Waals surface area contributed by atoms with Crippen LogP contribution in [0.25, 0.3) is 5.57 Å². The number of halogens is 1. The first kappa shape index (κ1) is 25.3. The molecule has 0 unspecified atom stereocenters. The molecule has 1 aromatic heterocycles. The number of H-pyrrole nitrogens is 1. The number of methoxy groups -OCH3 is 1. The van der Waals surface area contributed by atoms with Gasteiger partial charge in [-0.2, -0.15) is 0 Å². The third-order valence-electron chi connectivity index (χ3n) is 5.95. The highest BCUT2D eigenvalue weighted by Crippen LogP contribution is 2.22. The Hall–Kier alpha value is -3.33. The van der Waals surface area contributed by atoms with Crippen LogP contribution in [-0.4, -0.2) is 76.7 Å². The number of carbonyl (C=O) groups is 2. The molecule has 0 bridgehead atoms. The molecule has 182 valence electrons. The van der Waals surface area contributed by atoms with Gasteiger partial charge in [0.2, 0.25) is 11.6 Å². The molecule has 0 spiro atoms. The number of hydrogen-bond donors (Lipinski definition) is 2. The molecule has 2 heterocycles. The molecule has 2 aromatic rings. The van der Waals surface area contributed by atoms with E-state index in [1.54, 1.807) is 35.1 Å². The minimum atomic E-state index is -0.326. The van der Waals surface area contributed by atoms with Crippen molar-refractivity contribution in [1.82, 2.24) is 19.8 Å². The van der Waals surface area contributed by atoms with Gasteiger partial charge >= 0.3 is 0 Å². The lowest BCUT2D eigenvalue weighted by Crippen LogP contribution is -2.55. The number of piperazine rings is 1. The summed E-state index contributed by atoms with van der Waals surface area (Å²) >= 11 is 0. The van der Waals surface area contributed by atoms with Crippen molar-refractivity contribution in [2.24, 2.45) is 5.92 Å². The van der Waals surface area contributed by atoms with Gasteiger partial charge in [0.15, 0.2) is 0 Å². The average Bonchev–Trinajstić information content (AvgIpc) is 3.30. The number of rotatable bonds is 8. The van der Waals surface area contributed by atoms with Crippen LogP contribution < -0.4 is 5.41 Å². The molecule has 3 N–H and O–H groups in total. The third-order valence-corrected chi connectivity index (χ3v) is 5.95. The summed E-state index contributed by atoms with van der Waals surface area (Å²) in [5, 5.41) is 6.25. The van der Waals surface area contributed by atoms with Gasteiger partial charge in [-0.3, -0.25) is 15.0 Å². The molecule has 1 saturated heterocycles. The van der Waals surface area contributed by atoms with Gasteiger partial charge in [-0.15, -0.1) is 0 Å². The molecule has 0 radical (unpaired) electrons. The molecule has 1 atom stereocenters. The highest BCUT2D eigenvalue weighted by Gasteiger charge is 2.30. The summed E-state index contributed by atoms with van der Waals surface area (Å²) in [7, 11) is 1.57. The number of aromatic nitrogens is 2. The first-order valence-electron chi connectivity index (χ1n) is 11.4. The Labute approximate surface area is 199 Å². The minimum Gasteiger partial charge on any atom is -0.384 e. The number of hydrogen-bond acceptors (Lipinski definition) is 4. The zero-order valence-corrected chi connectivity index (χ0v) is 20.2. The van der Waals surface area contributed by atoms with Crippen molar-refractivity contribution in [3.63, 3.8) is 0 Å². The molecule has 2 amide bonds. The Morgan fingerprint density at radius 2 is 2.00 bits per heavy atom. The normalized spacial score (nSPS) is 16.8. The Balaban J connectivity index is 1.71. The van der Waals surface area contributed by atoms with Crippen LogP contribution in [0.5, 0.6) is 0 Å². The lowest BCUT2D eigenvalue weighted by atomic mass is 9.98. The van der Waals surface area contributed by atoms with Crippen LogP contribution in [0.3, 0.4) is 0 Å². The van der Waals surface area contributed by atoms with Gasteiger partial charge in [0.1, 0.15) is 17.3 Å². The fourth-order valence-corrected chi connectivity index (χ4v) is 3.99. The summed E-state index contributed by atoms with van der Waals surface area (Å²) in [5.41, 5.74) is 2.40. The summed E-state index contributed by atoms with van der Waals surface area (Å²) in [6.45, 7) is 7.73. The number of nitrogens with one attached hydrogen (secondary N) is 1. The molecule has 8 nitrogen and oxygen atoms in total. The van der Waals surface area contributed by atoms with Gasteiger partial charge in [0.25, 0.3) is 5.91 Å². The summed E-state index contributed by atoms with van der Waals surface area (Å²) in [5.74, 6) is 0.188. The zero-order valence-electron chi connectivity index (χ0n) is 20.2. The molecule has 1 aromatic carbocycles. The second-order valence-corrected chi connectivity index (χ2v) is 8.79. The molecular formula is C25H33FN5O3+. The van der Waals surface area contributed by atoms with E-state index in [2.05, 4.69) is 9.97 Å². The first-order chi connectivity index (χ1) is 16.2. The molecule has 1 fully saturated rings. The van der Waals surface area contributed by atoms with Gasteiger partial charge in [-0.1, -0.05) is 13.8 Å². The van der Waals surface area contributed by atoms with Crippen LogP contribution in [0.2, 0.25) is 0 Å². The second kappa shape index (κ2) is 11.2. The summed E-state index contributed by atoms with van der Waals surface area (Å²) < 4.78 is 18.2. The Morgan fingerprint density at radius 1 is 1.29 bits per heavy atom. The van der Waals surface area contributed by atoms with E-state index in [1.807, 2.05) is 20.8 Å². The largest absolute Gasteiger partial charge is 0.384 e. The highest BCUT2D eigenvalue weighted by molar-refractivity contribution is 6.08. The fraction of sp³-hybridized carbons (Fsp3) is 0.440. The summed E-state index contributed by atoms with van der Waals surface area (Å²) in [6.07, 6.45) is 3.67. The molecule has 34 heavy (non-hydrogen) atoms. The molecule has 1 aliphatic rings. The number of amides is 2. The van der Waals surface area contributed by atoms with Crippen LogP contribution in [0, 0.1) is 11.7 Å². The van der Waals surface area contributed by atoms with Crippen molar-refractivity contribution in [3.8, 4) is 0 Å².